The van der Waals surface area contributed by atoms with Crippen LogP contribution in [0.25, 0.3) is 0 Å². The van der Waals surface area contributed by atoms with Crippen LogP contribution in [0.3, 0.4) is 0 Å². The minimum Gasteiger partial charge on any atom is -0.490 e. The average molecular weight is 218 g/mol. The highest BCUT2D eigenvalue weighted by molar-refractivity contribution is 5.77. The summed E-state index contributed by atoms with van der Waals surface area (Å²) < 4.78 is 5.83. The lowest BCUT2D eigenvalue weighted by Gasteiger charge is -2.14. The molecule has 0 saturated carbocycles. The Morgan fingerprint density at radius 2 is 2.31 bits per heavy atom. The minimum atomic E-state index is 0.0976. The van der Waals surface area contributed by atoms with Crippen LogP contribution in [0.5, 0.6) is 5.75 Å². The molecule has 0 amide bonds. The third-order valence-corrected chi connectivity index (χ3v) is 3.27. The van der Waals surface area contributed by atoms with Crippen LogP contribution in [0.4, 0.5) is 0 Å². The second-order valence-electron chi connectivity index (χ2n) is 4.80. The van der Waals surface area contributed by atoms with Gasteiger partial charge >= 0.3 is 0 Å². The van der Waals surface area contributed by atoms with E-state index >= 15 is 0 Å². The zero-order chi connectivity index (χ0) is 11.7. The van der Waals surface area contributed by atoms with Crippen LogP contribution < -0.4 is 4.74 Å². The quantitative estimate of drug-likeness (QED) is 0.779. The number of ether oxygens (including phenoxy) is 1. The number of hydrogen-bond acceptors (Lipinski definition) is 2. The molecule has 1 aliphatic heterocycles. The van der Waals surface area contributed by atoms with Crippen LogP contribution in [0.1, 0.15) is 31.4 Å². The predicted molar refractivity (Wildman–Crippen MR) is 63.8 cm³/mol. The van der Waals surface area contributed by atoms with Gasteiger partial charge in [0.15, 0.2) is 0 Å². The molecule has 0 fully saturated rings. The summed E-state index contributed by atoms with van der Waals surface area (Å²) in [6.45, 7) is 5.71. The largest absolute Gasteiger partial charge is 0.490 e. The van der Waals surface area contributed by atoms with Crippen LogP contribution in [0.15, 0.2) is 18.2 Å². The lowest BCUT2D eigenvalue weighted by atomic mass is 9.97. The molecule has 2 nitrogen and oxygen atoms in total. The Kier molecular flexibility index (Phi) is 2.99. The van der Waals surface area contributed by atoms with Crippen molar-refractivity contribution in [2.24, 2.45) is 5.92 Å². The summed E-state index contributed by atoms with van der Waals surface area (Å²) in [4.78, 5) is 11.2. The van der Waals surface area contributed by atoms with Gasteiger partial charge in [0.2, 0.25) is 0 Å². The molecule has 0 saturated heterocycles. The lowest BCUT2D eigenvalue weighted by molar-refractivity contribution is -0.120. The Hall–Kier alpha value is -1.31. The van der Waals surface area contributed by atoms with E-state index in [1.165, 1.54) is 11.1 Å². The van der Waals surface area contributed by atoms with Crippen molar-refractivity contribution in [2.45, 2.75) is 39.7 Å². The summed E-state index contributed by atoms with van der Waals surface area (Å²) in [5.74, 6) is 1.34. The lowest BCUT2D eigenvalue weighted by Crippen LogP contribution is -2.20. The Morgan fingerprint density at radius 3 is 3.00 bits per heavy atom. The van der Waals surface area contributed by atoms with Crippen molar-refractivity contribution in [1.29, 1.82) is 0 Å². The van der Waals surface area contributed by atoms with Gasteiger partial charge in [-0.1, -0.05) is 24.6 Å². The summed E-state index contributed by atoms with van der Waals surface area (Å²) >= 11 is 0. The van der Waals surface area contributed by atoms with E-state index in [9.17, 15) is 4.79 Å². The van der Waals surface area contributed by atoms with Crippen molar-refractivity contribution < 1.29 is 9.53 Å². The molecule has 86 valence electrons. The van der Waals surface area contributed by atoms with Crippen molar-refractivity contribution in [3.8, 4) is 5.75 Å². The molecule has 0 aliphatic carbocycles. The first-order valence-corrected chi connectivity index (χ1v) is 5.83. The van der Waals surface area contributed by atoms with E-state index in [1.807, 2.05) is 13.0 Å². The van der Waals surface area contributed by atoms with E-state index in [4.69, 9.17) is 4.74 Å². The molecule has 0 aromatic heterocycles. The summed E-state index contributed by atoms with van der Waals surface area (Å²) in [6.07, 6.45) is 1.94. The topological polar surface area (TPSA) is 26.3 Å². The number of rotatable bonds is 3. The number of Topliss-reactive ketones (excluding diaryl/α,β-unsaturated/α-hetero) is 1. The Labute approximate surface area is 96.6 Å². The van der Waals surface area contributed by atoms with Crippen LogP contribution in [-0.2, 0) is 11.2 Å². The fraction of sp³-hybridized carbons (Fsp3) is 0.500. The Bertz CT molecular complexity index is 409. The number of fused-ring (bicyclic) bond motifs is 1. The van der Waals surface area contributed by atoms with Crippen molar-refractivity contribution >= 4 is 5.78 Å². The molecule has 1 heterocycles. The monoisotopic (exact) mass is 218 g/mol. The molecule has 1 aromatic rings. The number of hydrogen-bond donors (Lipinski definition) is 0. The minimum absolute atomic E-state index is 0.0976. The van der Waals surface area contributed by atoms with Crippen LogP contribution in [0, 0.1) is 12.8 Å². The van der Waals surface area contributed by atoms with Crippen molar-refractivity contribution in [3.63, 3.8) is 0 Å². The zero-order valence-corrected chi connectivity index (χ0v) is 10.1. The van der Waals surface area contributed by atoms with Gasteiger partial charge in [-0.2, -0.15) is 0 Å². The fourth-order valence-electron chi connectivity index (χ4n) is 2.14. The van der Waals surface area contributed by atoms with Crippen LogP contribution >= 0.6 is 0 Å². The zero-order valence-electron chi connectivity index (χ0n) is 10.1. The average Bonchev–Trinajstić information content (AvgIpc) is 2.58. The number of carbonyl (C=O) groups excluding carboxylic acids is 1. The van der Waals surface area contributed by atoms with Gasteiger partial charge in [0, 0.05) is 12.3 Å². The normalized spacial score (nSPS) is 20.1. The van der Waals surface area contributed by atoms with Crippen LogP contribution in [0.2, 0.25) is 0 Å². The standard InChI is InChI=1S/C14H18O2/c1-9-4-5-14-12(6-9)8-13(16-14)7-10(2)11(3)15/h4-6,10,13H,7-8H2,1-3H3. The summed E-state index contributed by atoms with van der Waals surface area (Å²) in [7, 11) is 0. The van der Waals surface area contributed by atoms with Gasteiger partial charge in [-0.15, -0.1) is 0 Å². The molecule has 0 bridgehead atoms. The molecule has 0 radical (unpaired) electrons. The third-order valence-electron chi connectivity index (χ3n) is 3.27. The number of benzene rings is 1. The highest BCUT2D eigenvalue weighted by atomic mass is 16.5. The molecule has 2 atom stereocenters. The highest BCUT2D eigenvalue weighted by Gasteiger charge is 2.25. The first kappa shape index (κ1) is 11.2. The maximum Gasteiger partial charge on any atom is 0.132 e. The Morgan fingerprint density at radius 1 is 1.56 bits per heavy atom. The van der Waals surface area contributed by atoms with Crippen molar-refractivity contribution in [1.82, 2.24) is 0 Å². The van der Waals surface area contributed by atoms with E-state index < -0.39 is 0 Å². The summed E-state index contributed by atoms with van der Waals surface area (Å²) in [6, 6.07) is 6.27. The van der Waals surface area contributed by atoms with E-state index in [-0.39, 0.29) is 17.8 Å². The van der Waals surface area contributed by atoms with Crippen molar-refractivity contribution in [2.75, 3.05) is 0 Å². The molecule has 0 spiro atoms. The second-order valence-corrected chi connectivity index (χ2v) is 4.80. The van der Waals surface area contributed by atoms with Crippen LogP contribution in [-0.4, -0.2) is 11.9 Å². The molecule has 2 heteroatoms. The highest BCUT2D eigenvalue weighted by Crippen LogP contribution is 2.31. The van der Waals surface area contributed by atoms with Gasteiger partial charge in [0.1, 0.15) is 17.6 Å². The predicted octanol–water partition coefficient (Wildman–Crippen LogP) is 2.91. The maximum absolute atomic E-state index is 11.2. The molecule has 1 aliphatic rings. The third kappa shape index (κ3) is 2.26. The number of carbonyl (C=O) groups is 1. The van der Waals surface area contributed by atoms with Gasteiger partial charge in [-0.05, 0) is 31.9 Å². The number of ketones is 1. The first-order valence-electron chi connectivity index (χ1n) is 5.83. The maximum atomic E-state index is 11.2. The Balaban J connectivity index is 2.03. The fourth-order valence-corrected chi connectivity index (χ4v) is 2.14. The molecule has 2 unspecified atom stereocenters. The molecule has 16 heavy (non-hydrogen) atoms. The van der Waals surface area contributed by atoms with Gasteiger partial charge in [-0.25, -0.2) is 0 Å². The number of aryl methyl sites for hydroxylation is 1. The van der Waals surface area contributed by atoms with Gasteiger partial charge in [-0.3, -0.25) is 4.79 Å². The van der Waals surface area contributed by atoms with E-state index in [0.717, 1.165) is 18.6 Å². The van der Waals surface area contributed by atoms with Gasteiger partial charge in [0.25, 0.3) is 0 Å². The van der Waals surface area contributed by atoms with E-state index in [0.29, 0.717) is 0 Å². The SMILES string of the molecule is CC(=O)C(C)CC1Cc2cc(C)ccc2O1. The molecule has 2 rings (SSSR count). The summed E-state index contributed by atoms with van der Waals surface area (Å²) in [5.41, 5.74) is 2.54. The van der Waals surface area contributed by atoms with Gasteiger partial charge in [0.05, 0.1) is 0 Å². The molecule has 0 N–H and O–H groups in total. The molecular weight excluding hydrogens is 200 g/mol. The molecular formula is C14H18O2. The van der Waals surface area contributed by atoms with Crippen molar-refractivity contribution in [3.05, 3.63) is 29.3 Å². The smallest absolute Gasteiger partial charge is 0.132 e. The molecule has 1 aromatic carbocycles. The second kappa shape index (κ2) is 4.28. The van der Waals surface area contributed by atoms with Gasteiger partial charge < -0.3 is 4.74 Å². The first-order chi connectivity index (χ1) is 7.56. The summed E-state index contributed by atoms with van der Waals surface area (Å²) in [5, 5.41) is 0. The van der Waals surface area contributed by atoms with E-state index in [1.54, 1.807) is 6.92 Å². The van der Waals surface area contributed by atoms with E-state index in [2.05, 4.69) is 19.1 Å².